The summed E-state index contributed by atoms with van der Waals surface area (Å²) < 4.78 is 1.34. The predicted molar refractivity (Wildman–Crippen MR) is 114 cm³/mol. The molecule has 29 heavy (non-hydrogen) atoms. The summed E-state index contributed by atoms with van der Waals surface area (Å²) in [7, 11) is 1.58. The van der Waals surface area contributed by atoms with Crippen LogP contribution in [0.25, 0.3) is 0 Å². The SMILES string of the molecule is Cc1nc(C)c(CNC(=O)c2ccc(C)c(NC(=O)c3cccn(C)c3=O)c2)s1. The Morgan fingerprint density at radius 1 is 1.14 bits per heavy atom. The smallest absolute Gasteiger partial charge is 0.263 e. The maximum atomic E-state index is 12.6. The van der Waals surface area contributed by atoms with E-state index in [2.05, 4.69) is 15.6 Å². The second-order valence-corrected chi connectivity index (χ2v) is 8.03. The van der Waals surface area contributed by atoms with Crippen molar-refractivity contribution in [1.29, 1.82) is 0 Å². The predicted octanol–water partition coefficient (Wildman–Crippen LogP) is 2.95. The van der Waals surface area contributed by atoms with E-state index in [4.69, 9.17) is 0 Å². The lowest BCUT2D eigenvalue weighted by atomic mass is 10.1. The molecule has 3 aromatic rings. The number of benzene rings is 1. The van der Waals surface area contributed by atoms with Gasteiger partial charge in [0.15, 0.2) is 0 Å². The Kier molecular flexibility index (Phi) is 5.93. The molecule has 0 aliphatic rings. The molecule has 0 unspecified atom stereocenters. The zero-order valence-electron chi connectivity index (χ0n) is 16.7. The maximum Gasteiger partial charge on any atom is 0.263 e. The van der Waals surface area contributed by atoms with Gasteiger partial charge in [-0.1, -0.05) is 6.07 Å². The molecule has 7 nitrogen and oxygen atoms in total. The van der Waals surface area contributed by atoms with Crippen LogP contribution < -0.4 is 16.2 Å². The molecule has 8 heteroatoms. The van der Waals surface area contributed by atoms with Crippen LogP contribution in [-0.4, -0.2) is 21.4 Å². The highest BCUT2D eigenvalue weighted by Gasteiger charge is 2.15. The molecule has 2 heterocycles. The van der Waals surface area contributed by atoms with Crippen molar-refractivity contribution in [3.63, 3.8) is 0 Å². The molecule has 0 aliphatic heterocycles. The van der Waals surface area contributed by atoms with Crippen LogP contribution in [0.15, 0.2) is 41.3 Å². The highest BCUT2D eigenvalue weighted by atomic mass is 32.1. The third-order valence-electron chi connectivity index (χ3n) is 4.53. The van der Waals surface area contributed by atoms with Gasteiger partial charge in [0.2, 0.25) is 0 Å². The van der Waals surface area contributed by atoms with E-state index in [-0.39, 0.29) is 17.0 Å². The van der Waals surface area contributed by atoms with Crippen LogP contribution in [-0.2, 0) is 13.6 Å². The fourth-order valence-electron chi connectivity index (χ4n) is 2.86. The van der Waals surface area contributed by atoms with Crippen LogP contribution in [0.4, 0.5) is 5.69 Å². The summed E-state index contributed by atoms with van der Waals surface area (Å²) in [4.78, 5) is 42.6. The van der Waals surface area contributed by atoms with Gasteiger partial charge in [-0.15, -0.1) is 11.3 Å². The molecule has 2 amide bonds. The zero-order valence-corrected chi connectivity index (χ0v) is 17.5. The largest absolute Gasteiger partial charge is 0.347 e. The van der Waals surface area contributed by atoms with Gasteiger partial charge in [0, 0.05) is 29.4 Å². The van der Waals surface area contributed by atoms with E-state index in [0.717, 1.165) is 21.1 Å². The van der Waals surface area contributed by atoms with E-state index in [9.17, 15) is 14.4 Å². The first-order valence-corrected chi connectivity index (χ1v) is 9.86. The molecule has 150 valence electrons. The van der Waals surface area contributed by atoms with Gasteiger partial charge >= 0.3 is 0 Å². The third-order valence-corrected chi connectivity index (χ3v) is 5.60. The molecule has 1 aromatic carbocycles. The minimum atomic E-state index is -0.511. The molecule has 0 fully saturated rings. The Morgan fingerprint density at radius 2 is 1.90 bits per heavy atom. The van der Waals surface area contributed by atoms with Crippen molar-refractivity contribution in [3.05, 3.63) is 79.2 Å². The Bertz CT molecular complexity index is 1150. The van der Waals surface area contributed by atoms with Gasteiger partial charge in [-0.2, -0.15) is 0 Å². The van der Waals surface area contributed by atoms with Crippen LogP contribution in [0.5, 0.6) is 0 Å². The Morgan fingerprint density at radius 3 is 2.59 bits per heavy atom. The molecule has 0 radical (unpaired) electrons. The van der Waals surface area contributed by atoms with Crippen molar-refractivity contribution >= 4 is 28.8 Å². The number of carbonyl (C=O) groups is 2. The van der Waals surface area contributed by atoms with Gasteiger partial charge in [-0.25, -0.2) is 4.98 Å². The van der Waals surface area contributed by atoms with E-state index in [1.54, 1.807) is 48.8 Å². The van der Waals surface area contributed by atoms with E-state index in [0.29, 0.717) is 17.8 Å². The Hall–Kier alpha value is -3.26. The average Bonchev–Trinajstić information content (AvgIpc) is 3.00. The molecule has 0 spiro atoms. The number of nitrogens with one attached hydrogen (secondary N) is 2. The lowest BCUT2D eigenvalue weighted by molar-refractivity contribution is 0.0950. The van der Waals surface area contributed by atoms with E-state index < -0.39 is 5.91 Å². The number of aromatic nitrogens is 2. The molecule has 0 aliphatic carbocycles. The number of hydrogen-bond acceptors (Lipinski definition) is 5. The van der Waals surface area contributed by atoms with E-state index in [1.165, 1.54) is 10.6 Å². The summed E-state index contributed by atoms with van der Waals surface area (Å²) in [6.45, 7) is 6.06. The zero-order chi connectivity index (χ0) is 21.1. The number of thiazole rings is 1. The van der Waals surface area contributed by atoms with Crippen LogP contribution >= 0.6 is 11.3 Å². The summed E-state index contributed by atoms with van der Waals surface area (Å²) >= 11 is 1.55. The number of amides is 2. The van der Waals surface area contributed by atoms with Crippen molar-refractivity contribution in [3.8, 4) is 0 Å². The molecule has 0 atom stereocenters. The van der Waals surface area contributed by atoms with Gasteiger partial charge in [0.1, 0.15) is 5.56 Å². The van der Waals surface area contributed by atoms with Crippen LogP contribution in [0.2, 0.25) is 0 Å². The van der Waals surface area contributed by atoms with Gasteiger partial charge in [0.05, 0.1) is 17.2 Å². The Labute approximate surface area is 172 Å². The fraction of sp³-hybridized carbons (Fsp3) is 0.238. The standard InChI is InChI=1S/C21H22N4O3S/c1-12-7-8-15(19(26)22-11-18-13(2)23-14(3)29-18)10-17(12)24-20(27)16-6-5-9-25(4)21(16)28/h5-10H,11H2,1-4H3,(H,22,26)(H,24,27). The van der Waals surface area contributed by atoms with Crippen molar-refractivity contribution in [2.45, 2.75) is 27.3 Å². The van der Waals surface area contributed by atoms with Crippen molar-refractivity contribution in [2.75, 3.05) is 5.32 Å². The van der Waals surface area contributed by atoms with E-state index in [1.807, 2.05) is 20.8 Å². The normalized spacial score (nSPS) is 10.6. The van der Waals surface area contributed by atoms with Gasteiger partial charge < -0.3 is 15.2 Å². The molecule has 0 bridgehead atoms. The minimum absolute atomic E-state index is 0.0419. The van der Waals surface area contributed by atoms with Gasteiger partial charge in [0.25, 0.3) is 17.4 Å². The number of aryl methyl sites for hydroxylation is 4. The number of pyridine rings is 1. The average molecular weight is 410 g/mol. The number of anilines is 1. The summed E-state index contributed by atoms with van der Waals surface area (Å²) in [6, 6.07) is 8.18. The van der Waals surface area contributed by atoms with Gasteiger partial charge in [-0.05, 0) is 50.6 Å². The third kappa shape index (κ3) is 4.60. The first-order valence-electron chi connectivity index (χ1n) is 9.05. The molecular formula is C21H22N4O3S. The molecular weight excluding hydrogens is 388 g/mol. The number of nitrogens with zero attached hydrogens (tertiary/aromatic N) is 2. The highest BCUT2D eigenvalue weighted by molar-refractivity contribution is 7.11. The molecule has 0 saturated carbocycles. The topological polar surface area (TPSA) is 93.1 Å². The summed E-state index contributed by atoms with van der Waals surface area (Å²) in [6.07, 6.45) is 1.58. The highest BCUT2D eigenvalue weighted by Crippen LogP contribution is 2.19. The summed E-state index contributed by atoms with van der Waals surface area (Å²) in [5.41, 5.74) is 2.27. The summed E-state index contributed by atoms with van der Waals surface area (Å²) in [5, 5.41) is 6.58. The second-order valence-electron chi connectivity index (χ2n) is 6.75. The molecule has 0 saturated heterocycles. The first kappa shape index (κ1) is 20.5. The quantitative estimate of drug-likeness (QED) is 0.676. The van der Waals surface area contributed by atoms with Crippen molar-refractivity contribution < 1.29 is 9.59 Å². The van der Waals surface area contributed by atoms with Crippen LogP contribution in [0.3, 0.4) is 0 Å². The lowest BCUT2D eigenvalue weighted by Gasteiger charge is -2.11. The number of carbonyl (C=O) groups excluding carboxylic acids is 2. The summed E-state index contributed by atoms with van der Waals surface area (Å²) in [5.74, 6) is -0.760. The monoisotopic (exact) mass is 410 g/mol. The lowest BCUT2D eigenvalue weighted by Crippen LogP contribution is -2.27. The van der Waals surface area contributed by atoms with Crippen LogP contribution in [0, 0.1) is 20.8 Å². The Balaban J connectivity index is 1.76. The maximum absolute atomic E-state index is 12.6. The number of rotatable bonds is 5. The fourth-order valence-corrected chi connectivity index (χ4v) is 3.73. The first-order chi connectivity index (χ1) is 13.8. The van der Waals surface area contributed by atoms with E-state index >= 15 is 0 Å². The van der Waals surface area contributed by atoms with Gasteiger partial charge in [-0.3, -0.25) is 14.4 Å². The molecule has 3 rings (SSSR count). The second kappa shape index (κ2) is 8.40. The molecule has 2 N–H and O–H groups in total. The minimum Gasteiger partial charge on any atom is -0.347 e. The van der Waals surface area contributed by atoms with Crippen molar-refractivity contribution in [1.82, 2.24) is 14.9 Å². The number of hydrogen-bond donors (Lipinski definition) is 2. The molecule has 2 aromatic heterocycles. The van der Waals surface area contributed by atoms with Crippen molar-refractivity contribution in [2.24, 2.45) is 7.05 Å². The van der Waals surface area contributed by atoms with Crippen LogP contribution in [0.1, 0.15) is 41.9 Å².